The summed E-state index contributed by atoms with van der Waals surface area (Å²) >= 11 is 1.58. The molecule has 0 aliphatic carbocycles. The average Bonchev–Trinajstić information content (AvgIpc) is 3.96. The summed E-state index contributed by atoms with van der Waals surface area (Å²) < 4.78 is 0. The number of aromatic hydroxyl groups is 1. The van der Waals surface area contributed by atoms with Crippen molar-refractivity contribution in [3.8, 4) is 27.4 Å². The molecule has 2 fully saturated rings. The van der Waals surface area contributed by atoms with Crippen LogP contribution in [0.5, 0.6) is 5.75 Å². The molecule has 3 atom stereocenters. The Bertz CT molecular complexity index is 2370. The number of phenols is 1. The standard InChI is InChI=1S/C47H58N8O6S/c1-29-42(62-28-49-29)31-19-17-30(18-20-31)24-48-45(60)38-23-34(56)27-55(38)46(61)43(47(2,3)4)51-40(58)15-9-7-5-6-8-10-16-41(59)54-25-33(26-54)36-21-32-22-37(52-53-44(32)50-36)35-13-11-12-14-39(35)57/h11-14,17-22,28,33-34,38,43,56-57H,5-10,15-16,23-27H2,1-4H3,(H,48,60)(H,50,53)(H,51,58)/t34-,38+,43-/m1/s1. The van der Waals surface area contributed by atoms with Crippen LogP contribution in [0.25, 0.3) is 32.7 Å². The first kappa shape index (κ1) is 44.4. The van der Waals surface area contributed by atoms with Crippen LogP contribution >= 0.6 is 11.3 Å². The molecule has 0 bridgehead atoms. The Kier molecular flexibility index (Phi) is 14.0. The zero-order chi connectivity index (χ0) is 44.0. The second kappa shape index (κ2) is 19.6. The van der Waals surface area contributed by atoms with E-state index in [2.05, 4.69) is 36.9 Å². The molecule has 15 heteroatoms. The number of hydrogen-bond donors (Lipinski definition) is 5. The number of aliphatic hydroxyl groups excluding tert-OH is 1. The van der Waals surface area contributed by atoms with E-state index in [4.69, 9.17) is 0 Å². The lowest BCUT2D eigenvalue weighted by molar-refractivity contribution is -0.144. The van der Waals surface area contributed by atoms with Crippen LogP contribution in [0.15, 0.2) is 66.2 Å². The summed E-state index contributed by atoms with van der Waals surface area (Å²) in [6.07, 6.45) is 5.30. The summed E-state index contributed by atoms with van der Waals surface area (Å²) in [5.41, 5.74) is 7.08. The van der Waals surface area contributed by atoms with Gasteiger partial charge in [0.2, 0.25) is 23.6 Å². The van der Waals surface area contributed by atoms with Crippen LogP contribution in [0.1, 0.15) is 101 Å². The van der Waals surface area contributed by atoms with Gasteiger partial charge in [0.1, 0.15) is 17.8 Å². The molecule has 0 radical (unpaired) electrons. The van der Waals surface area contributed by atoms with Crippen molar-refractivity contribution in [2.24, 2.45) is 5.41 Å². The Balaban J connectivity index is 0.783. The number of para-hydroxylation sites is 1. The predicted octanol–water partition coefficient (Wildman–Crippen LogP) is 6.62. The number of β-amino-alcohol motifs (C(OH)–C–C–N with tert-alkyl or cyclic N) is 1. The molecule has 2 aliphatic rings. The van der Waals surface area contributed by atoms with Crippen molar-refractivity contribution in [3.05, 3.63) is 83.1 Å². The number of hydrogen-bond acceptors (Lipinski definition) is 10. The molecule has 2 aromatic carbocycles. The predicted molar refractivity (Wildman–Crippen MR) is 239 cm³/mol. The van der Waals surface area contributed by atoms with Gasteiger partial charge in [-0.05, 0) is 60.6 Å². The Morgan fingerprint density at radius 1 is 0.919 bits per heavy atom. The number of H-pyrrole nitrogens is 1. The van der Waals surface area contributed by atoms with Crippen molar-refractivity contribution in [3.63, 3.8) is 0 Å². The Morgan fingerprint density at radius 3 is 2.32 bits per heavy atom. The summed E-state index contributed by atoms with van der Waals surface area (Å²) in [7, 11) is 0. The van der Waals surface area contributed by atoms with E-state index in [1.165, 1.54) is 4.90 Å². The number of thiazole rings is 1. The van der Waals surface area contributed by atoms with E-state index in [1.54, 1.807) is 23.5 Å². The smallest absolute Gasteiger partial charge is 0.246 e. The number of benzene rings is 2. The Hall–Kier alpha value is -5.67. The van der Waals surface area contributed by atoms with Crippen LogP contribution in [0.3, 0.4) is 0 Å². The van der Waals surface area contributed by atoms with E-state index in [9.17, 15) is 29.4 Å². The van der Waals surface area contributed by atoms with Gasteiger partial charge in [-0.15, -0.1) is 21.5 Å². The third-order valence-electron chi connectivity index (χ3n) is 12.0. The molecule has 7 rings (SSSR count). The lowest BCUT2D eigenvalue weighted by Crippen LogP contribution is -2.57. The Morgan fingerprint density at radius 2 is 1.63 bits per heavy atom. The van der Waals surface area contributed by atoms with Crippen molar-refractivity contribution in [2.45, 2.75) is 116 Å². The second-order valence-corrected chi connectivity index (χ2v) is 18.7. The topological polar surface area (TPSA) is 194 Å². The van der Waals surface area contributed by atoms with Gasteiger partial charge in [0.25, 0.3) is 0 Å². The van der Waals surface area contributed by atoms with Crippen molar-refractivity contribution in [2.75, 3.05) is 19.6 Å². The molecule has 2 aliphatic heterocycles. The number of nitrogens with one attached hydrogen (secondary N) is 3. The van der Waals surface area contributed by atoms with Gasteiger partial charge in [0, 0.05) is 68.0 Å². The lowest BCUT2D eigenvalue weighted by Gasteiger charge is -2.39. The minimum Gasteiger partial charge on any atom is -0.507 e. The first-order chi connectivity index (χ1) is 29.7. The van der Waals surface area contributed by atoms with Gasteiger partial charge in [-0.3, -0.25) is 19.2 Å². The molecule has 328 valence electrons. The SMILES string of the molecule is Cc1ncsc1-c1ccc(CNC(=O)[C@@H]2C[C@@H](O)CN2C(=O)[C@@H](NC(=O)CCCCCCCCC(=O)N2CC(c3cc4cc(-c5ccccc5O)nnc4[nH]3)C2)C(C)(C)C)cc1. The summed E-state index contributed by atoms with van der Waals surface area (Å²) in [4.78, 5) is 65.5. The van der Waals surface area contributed by atoms with E-state index < -0.39 is 23.6 Å². The molecule has 5 heterocycles. The number of likely N-dealkylation sites (tertiary alicyclic amines) is 2. The summed E-state index contributed by atoms with van der Waals surface area (Å²) in [6.45, 7) is 9.25. The maximum Gasteiger partial charge on any atom is 0.246 e. The monoisotopic (exact) mass is 862 g/mol. The van der Waals surface area contributed by atoms with Crippen molar-refractivity contribution in [1.82, 2.24) is 40.6 Å². The minimum absolute atomic E-state index is 0.0256. The molecule has 14 nitrogen and oxygen atoms in total. The minimum atomic E-state index is -0.862. The first-order valence-corrected chi connectivity index (χ1v) is 22.6. The number of fused-ring (bicyclic) bond motifs is 1. The second-order valence-electron chi connectivity index (χ2n) is 17.8. The molecule has 62 heavy (non-hydrogen) atoms. The largest absolute Gasteiger partial charge is 0.507 e. The van der Waals surface area contributed by atoms with E-state index in [1.807, 2.05) is 80.6 Å². The van der Waals surface area contributed by atoms with Crippen molar-refractivity contribution in [1.29, 1.82) is 0 Å². The number of carbonyl (C=O) groups is 4. The van der Waals surface area contributed by atoms with E-state index in [0.717, 1.165) is 64.9 Å². The van der Waals surface area contributed by atoms with Gasteiger partial charge in [-0.2, -0.15) is 0 Å². The summed E-state index contributed by atoms with van der Waals surface area (Å²) in [5.74, 6) is -0.390. The number of unbranched alkanes of at least 4 members (excludes halogenated alkanes) is 5. The number of aryl methyl sites for hydroxylation is 1. The molecule has 3 aromatic heterocycles. The zero-order valence-electron chi connectivity index (χ0n) is 36.0. The van der Waals surface area contributed by atoms with Gasteiger partial charge < -0.3 is 35.6 Å². The number of rotatable bonds is 17. The van der Waals surface area contributed by atoms with Crippen LogP contribution < -0.4 is 10.6 Å². The summed E-state index contributed by atoms with van der Waals surface area (Å²) in [5, 5.41) is 36.2. The fraction of sp³-hybridized carbons (Fsp3) is 0.468. The molecule has 4 amide bonds. The van der Waals surface area contributed by atoms with Gasteiger partial charge >= 0.3 is 0 Å². The fourth-order valence-electron chi connectivity index (χ4n) is 8.31. The third-order valence-corrected chi connectivity index (χ3v) is 13.0. The van der Waals surface area contributed by atoms with E-state index in [0.29, 0.717) is 42.8 Å². The number of aromatic amines is 1. The zero-order valence-corrected chi connectivity index (χ0v) is 36.8. The van der Waals surface area contributed by atoms with Gasteiger partial charge in [0.15, 0.2) is 5.65 Å². The number of aliphatic hydroxyl groups is 1. The van der Waals surface area contributed by atoms with Crippen molar-refractivity contribution >= 4 is 46.0 Å². The number of carbonyl (C=O) groups excluding carboxylic acids is 4. The molecule has 2 saturated heterocycles. The highest BCUT2D eigenvalue weighted by Gasteiger charge is 2.44. The van der Waals surface area contributed by atoms with Gasteiger partial charge in [-0.1, -0.05) is 82.9 Å². The maximum atomic E-state index is 14.0. The van der Waals surface area contributed by atoms with E-state index in [-0.39, 0.29) is 61.2 Å². The molecule has 5 N–H and O–H groups in total. The molecule has 0 unspecified atom stereocenters. The summed E-state index contributed by atoms with van der Waals surface area (Å²) in [6, 6.07) is 17.2. The van der Waals surface area contributed by atoms with Crippen LogP contribution in [-0.4, -0.2) is 102 Å². The van der Waals surface area contributed by atoms with Crippen molar-refractivity contribution < 1.29 is 29.4 Å². The van der Waals surface area contributed by atoms with Crippen LogP contribution in [0.2, 0.25) is 0 Å². The number of phenolic OH excluding ortho intramolecular Hbond substituents is 1. The van der Waals surface area contributed by atoms with E-state index >= 15 is 0 Å². The van der Waals surface area contributed by atoms with Gasteiger partial charge in [0.05, 0.1) is 27.9 Å². The normalized spacial score (nSPS) is 17.2. The highest BCUT2D eigenvalue weighted by Crippen LogP contribution is 2.33. The quantitative estimate of drug-likeness (QED) is 0.0639. The third kappa shape index (κ3) is 10.7. The highest BCUT2D eigenvalue weighted by atomic mass is 32.1. The number of nitrogens with zero attached hydrogens (tertiary/aromatic N) is 5. The molecular formula is C47H58N8O6S. The molecule has 0 spiro atoms. The lowest BCUT2D eigenvalue weighted by atomic mass is 9.85. The Labute approximate surface area is 366 Å². The number of amides is 4. The molecule has 0 saturated carbocycles. The number of aromatic nitrogens is 4. The maximum absolute atomic E-state index is 14.0. The van der Waals surface area contributed by atoms with Crippen LogP contribution in [0, 0.1) is 12.3 Å². The highest BCUT2D eigenvalue weighted by molar-refractivity contribution is 7.13. The molecular weight excluding hydrogens is 805 g/mol. The van der Waals surface area contributed by atoms with Crippen LogP contribution in [0.4, 0.5) is 0 Å². The first-order valence-electron chi connectivity index (χ1n) is 21.7. The molecule has 5 aromatic rings. The fourth-order valence-corrected chi connectivity index (χ4v) is 9.13. The average molecular weight is 863 g/mol. The van der Waals surface area contributed by atoms with Crippen LogP contribution in [-0.2, 0) is 25.7 Å². The van der Waals surface area contributed by atoms with Gasteiger partial charge in [-0.25, -0.2) is 4.98 Å².